The average Bonchev–Trinajstić information content (AvgIpc) is 3.07. The Bertz CT molecular complexity index is 613. The molecule has 3 heterocycles. The van der Waals surface area contributed by atoms with E-state index in [9.17, 15) is 9.59 Å². The van der Waals surface area contributed by atoms with E-state index in [1.807, 2.05) is 10.3 Å². The lowest BCUT2D eigenvalue weighted by Crippen LogP contribution is -2.57. The summed E-state index contributed by atoms with van der Waals surface area (Å²) in [6.45, 7) is 8.63. The molecule has 0 aromatic carbocycles. The largest absolute Gasteiger partial charge is 0.339 e. The predicted octanol–water partition coefficient (Wildman–Crippen LogP) is 3.13. The van der Waals surface area contributed by atoms with Crippen molar-refractivity contribution in [3.63, 3.8) is 0 Å². The highest BCUT2D eigenvalue weighted by molar-refractivity contribution is 7.11. The van der Waals surface area contributed by atoms with Crippen molar-refractivity contribution in [1.29, 1.82) is 0 Å². The van der Waals surface area contributed by atoms with Crippen LogP contribution in [0.5, 0.6) is 0 Å². The first-order chi connectivity index (χ1) is 11.5. The van der Waals surface area contributed by atoms with Gasteiger partial charge in [-0.15, -0.1) is 11.3 Å². The molecule has 2 aliphatic rings. The van der Waals surface area contributed by atoms with Gasteiger partial charge < -0.3 is 9.80 Å². The summed E-state index contributed by atoms with van der Waals surface area (Å²) in [6.07, 6.45) is 3.42. The van der Waals surface area contributed by atoms with Crippen LogP contribution in [0.4, 0.5) is 0 Å². The van der Waals surface area contributed by atoms with Gasteiger partial charge in [-0.05, 0) is 31.1 Å². The van der Waals surface area contributed by atoms with Crippen LogP contribution in [-0.4, -0.2) is 52.3 Å². The number of amides is 2. The maximum atomic E-state index is 12.8. The third-order valence-electron chi connectivity index (χ3n) is 5.19. The van der Waals surface area contributed by atoms with E-state index in [1.54, 1.807) is 0 Å². The van der Waals surface area contributed by atoms with Gasteiger partial charge in [-0.3, -0.25) is 9.59 Å². The molecule has 0 aliphatic carbocycles. The van der Waals surface area contributed by atoms with E-state index < -0.39 is 0 Å². The van der Waals surface area contributed by atoms with Crippen LogP contribution in [0, 0.1) is 5.92 Å². The van der Waals surface area contributed by atoms with Gasteiger partial charge in [0.05, 0.1) is 5.69 Å². The number of fused-ring (bicyclic) bond motifs is 1. The van der Waals surface area contributed by atoms with Crippen molar-refractivity contribution >= 4 is 23.2 Å². The quantitative estimate of drug-likeness (QED) is 0.839. The van der Waals surface area contributed by atoms with E-state index in [0.717, 1.165) is 44.6 Å². The lowest BCUT2D eigenvalue weighted by molar-refractivity contribution is -0.140. The van der Waals surface area contributed by atoms with E-state index in [1.165, 1.54) is 11.3 Å². The number of nitrogens with zero attached hydrogens (tertiary/aromatic N) is 3. The molecule has 0 N–H and O–H groups in total. The van der Waals surface area contributed by atoms with Crippen LogP contribution in [-0.2, 0) is 4.79 Å². The molecule has 2 atom stereocenters. The molecule has 1 aromatic rings. The molecule has 0 spiro atoms. The summed E-state index contributed by atoms with van der Waals surface area (Å²) in [4.78, 5) is 33.5. The Hall–Kier alpha value is -1.43. The number of hydrogen-bond acceptors (Lipinski definition) is 4. The molecule has 1 aromatic heterocycles. The summed E-state index contributed by atoms with van der Waals surface area (Å²) >= 11 is 1.45. The van der Waals surface area contributed by atoms with Gasteiger partial charge in [-0.25, -0.2) is 4.98 Å². The van der Waals surface area contributed by atoms with E-state index in [2.05, 4.69) is 30.7 Å². The Morgan fingerprint density at radius 2 is 2.21 bits per heavy atom. The molecule has 6 heteroatoms. The number of carbonyl (C=O) groups excluding carboxylic acids is 2. The Morgan fingerprint density at radius 1 is 1.42 bits per heavy atom. The fourth-order valence-corrected chi connectivity index (χ4v) is 4.80. The van der Waals surface area contributed by atoms with Crippen LogP contribution in [0.1, 0.15) is 67.9 Å². The summed E-state index contributed by atoms with van der Waals surface area (Å²) in [6, 6.07) is 0.317. The number of thiazole rings is 1. The molecule has 2 aliphatic heterocycles. The number of carbonyl (C=O) groups is 2. The van der Waals surface area contributed by atoms with Crippen LogP contribution >= 0.6 is 11.3 Å². The zero-order chi connectivity index (χ0) is 17.3. The van der Waals surface area contributed by atoms with E-state index in [0.29, 0.717) is 35.2 Å². The second-order valence-corrected chi connectivity index (χ2v) is 8.08. The molecule has 2 fully saturated rings. The molecular formula is C18H27N3O2S. The topological polar surface area (TPSA) is 53.5 Å². The van der Waals surface area contributed by atoms with Gasteiger partial charge in [0.15, 0.2) is 5.01 Å². The van der Waals surface area contributed by atoms with Gasteiger partial charge in [0.2, 0.25) is 5.91 Å². The summed E-state index contributed by atoms with van der Waals surface area (Å²) < 4.78 is 0. The molecule has 132 valence electrons. The highest BCUT2D eigenvalue weighted by atomic mass is 32.1. The van der Waals surface area contributed by atoms with E-state index in [4.69, 9.17) is 0 Å². The minimum absolute atomic E-state index is 0.0595. The standard InChI is InChI=1S/C18H27N3O2S/c1-4-8-21-15-7-9-20(10-13(15)5-6-16(21)22)18(23)17-19-14(11-24-17)12(2)3/h11-13,15H,4-10H2,1-3H3/t13-,15+/m0/s1. The number of hydrogen-bond donors (Lipinski definition) is 0. The van der Waals surface area contributed by atoms with Crippen molar-refractivity contribution in [2.75, 3.05) is 19.6 Å². The van der Waals surface area contributed by atoms with Gasteiger partial charge >= 0.3 is 0 Å². The smallest absolute Gasteiger partial charge is 0.282 e. The monoisotopic (exact) mass is 349 g/mol. The molecule has 0 unspecified atom stereocenters. The molecule has 0 bridgehead atoms. The van der Waals surface area contributed by atoms with Gasteiger partial charge in [0.1, 0.15) is 0 Å². The molecule has 0 radical (unpaired) electrons. The van der Waals surface area contributed by atoms with Crippen molar-refractivity contribution in [3.05, 3.63) is 16.1 Å². The summed E-state index contributed by atoms with van der Waals surface area (Å²) in [5, 5.41) is 2.60. The minimum atomic E-state index is 0.0595. The first-order valence-electron chi connectivity index (χ1n) is 9.05. The van der Waals surface area contributed by atoms with Crippen molar-refractivity contribution in [1.82, 2.24) is 14.8 Å². The Kier molecular flexibility index (Phi) is 5.23. The van der Waals surface area contributed by atoms with Crippen LogP contribution in [0.3, 0.4) is 0 Å². The van der Waals surface area contributed by atoms with Crippen molar-refractivity contribution in [2.24, 2.45) is 5.92 Å². The highest BCUT2D eigenvalue weighted by Gasteiger charge is 2.40. The molecule has 2 saturated heterocycles. The maximum Gasteiger partial charge on any atom is 0.282 e. The van der Waals surface area contributed by atoms with Crippen LogP contribution < -0.4 is 0 Å². The Morgan fingerprint density at radius 3 is 2.88 bits per heavy atom. The first-order valence-corrected chi connectivity index (χ1v) is 9.93. The third kappa shape index (κ3) is 3.34. The van der Waals surface area contributed by atoms with Crippen molar-refractivity contribution in [3.8, 4) is 0 Å². The molecule has 24 heavy (non-hydrogen) atoms. The lowest BCUT2D eigenvalue weighted by atomic mass is 9.83. The number of piperidine rings is 2. The average molecular weight is 350 g/mol. The summed E-state index contributed by atoms with van der Waals surface area (Å²) in [7, 11) is 0. The SMILES string of the molecule is CCCN1C(=O)CC[C@H]2CN(C(=O)c3nc(C(C)C)cs3)CC[C@H]21. The minimum Gasteiger partial charge on any atom is -0.339 e. The predicted molar refractivity (Wildman–Crippen MR) is 95.2 cm³/mol. The third-order valence-corrected chi connectivity index (χ3v) is 6.04. The number of rotatable bonds is 4. The zero-order valence-electron chi connectivity index (χ0n) is 14.8. The number of likely N-dealkylation sites (tertiary alicyclic amines) is 2. The van der Waals surface area contributed by atoms with Crippen molar-refractivity contribution < 1.29 is 9.59 Å². The van der Waals surface area contributed by atoms with Crippen LogP contribution in [0.2, 0.25) is 0 Å². The fourth-order valence-electron chi connectivity index (χ4n) is 3.85. The van der Waals surface area contributed by atoms with Crippen molar-refractivity contribution in [2.45, 2.75) is 58.4 Å². The summed E-state index contributed by atoms with van der Waals surface area (Å²) in [5.74, 6) is 1.11. The second-order valence-electron chi connectivity index (χ2n) is 7.23. The van der Waals surface area contributed by atoms with Gasteiger partial charge in [-0.2, -0.15) is 0 Å². The highest BCUT2D eigenvalue weighted by Crippen LogP contribution is 2.32. The van der Waals surface area contributed by atoms with E-state index in [-0.39, 0.29) is 5.91 Å². The summed E-state index contributed by atoms with van der Waals surface area (Å²) in [5.41, 5.74) is 0.996. The molecule has 3 rings (SSSR count). The zero-order valence-corrected chi connectivity index (χ0v) is 15.6. The molecular weight excluding hydrogens is 322 g/mol. The lowest BCUT2D eigenvalue weighted by Gasteiger charge is -2.47. The molecule has 5 nitrogen and oxygen atoms in total. The second kappa shape index (κ2) is 7.21. The Labute approximate surface area is 148 Å². The molecule has 0 saturated carbocycles. The maximum absolute atomic E-state index is 12.8. The fraction of sp³-hybridized carbons (Fsp3) is 0.722. The van der Waals surface area contributed by atoms with Gasteiger partial charge in [0, 0.05) is 37.5 Å². The number of aromatic nitrogens is 1. The van der Waals surface area contributed by atoms with Crippen LogP contribution in [0.25, 0.3) is 0 Å². The molecule has 2 amide bonds. The van der Waals surface area contributed by atoms with Crippen LogP contribution in [0.15, 0.2) is 5.38 Å². The van der Waals surface area contributed by atoms with Gasteiger partial charge in [0.25, 0.3) is 5.91 Å². The Balaban J connectivity index is 1.68. The van der Waals surface area contributed by atoms with Gasteiger partial charge in [-0.1, -0.05) is 20.8 Å². The van der Waals surface area contributed by atoms with E-state index >= 15 is 0 Å². The first kappa shape index (κ1) is 17.4. The normalized spacial score (nSPS) is 24.4.